The number of aromatic nitrogens is 1. The predicted octanol–water partition coefficient (Wildman–Crippen LogP) is 2.34. The molecule has 21 heavy (non-hydrogen) atoms. The van der Waals surface area contributed by atoms with Crippen LogP contribution in [0.4, 0.5) is 19.0 Å². The molecule has 0 saturated heterocycles. The number of rotatable bonds is 5. The average Bonchev–Trinajstić information content (AvgIpc) is 2.42. The Hall–Kier alpha value is -1.83. The average molecular weight is 304 g/mol. The quantitative estimate of drug-likeness (QED) is 0.647. The highest BCUT2D eigenvalue weighted by molar-refractivity contribution is 5.95. The summed E-state index contributed by atoms with van der Waals surface area (Å²) in [5.74, 6) is 4.81. The molecule has 3 N–H and O–H groups in total. The number of nitrogens with two attached hydrogens (primary N) is 1. The maximum Gasteiger partial charge on any atom is 0.406 e. The summed E-state index contributed by atoms with van der Waals surface area (Å²) in [6.07, 6.45) is -3.91. The van der Waals surface area contributed by atoms with Gasteiger partial charge in [0, 0.05) is 17.3 Å². The highest BCUT2D eigenvalue weighted by Gasteiger charge is 2.34. The Morgan fingerprint density at radius 1 is 1.43 bits per heavy atom. The Kier molecular flexibility index (Phi) is 5.54. The van der Waals surface area contributed by atoms with Gasteiger partial charge in [-0.25, -0.2) is 10.8 Å². The number of halogens is 3. The van der Waals surface area contributed by atoms with Crippen molar-refractivity contribution in [2.24, 2.45) is 5.84 Å². The lowest BCUT2D eigenvalue weighted by Crippen LogP contribution is -2.43. The molecule has 8 heteroatoms. The molecule has 0 radical (unpaired) electrons. The molecular formula is C13H19F3N4O. The zero-order valence-corrected chi connectivity index (χ0v) is 12.2. The van der Waals surface area contributed by atoms with E-state index in [2.05, 4.69) is 10.4 Å². The molecular weight excluding hydrogens is 285 g/mol. The Morgan fingerprint density at radius 3 is 2.48 bits per heavy atom. The molecule has 0 spiro atoms. The minimum absolute atomic E-state index is 0.132. The van der Waals surface area contributed by atoms with Gasteiger partial charge in [0.1, 0.15) is 12.4 Å². The molecule has 5 nitrogen and oxygen atoms in total. The van der Waals surface area contributed by atoms with Crippen molar-refractivity contribution >= 4 is 11.7 Å². The number of carbonyl (C=O) groups excluding carboxylic acids is 1. The van der Waals surface area contributed by atoms with Crippen LogP contribution in [0.25, 0.3) is 0 Å². The summed E-state index contributed by atoms with van der Waals surface area (Å²) in [4.78, 5) is 17.2. The van der Waals surface area contributed by atoms with Crippen LogP contribution in [-0.2, 0) is 6.42 Å². The van der Waals surface area contributed by atoms with Crippen molar-refractivity contribution in [1.29, 1.82) is 0 Å². The molecule has 1 heterocycles. The largest absolute Gasteiger partial charge is 0.406 e. The SMILES string of the molecule is CCc1cc(C(=O)N(CC(F)(F)F)C(C)C)cc(NN)n1. The summed E-state index contributed by atoms with van der Waals surface area (Å²) in [6.45, 7) is 3.60. The van der Waals surface area contributed by atoms with Gasteiger partial charge < -0.3 is 10.3 Å². The molecule has 0 aliphatic heterocycles. The van der Waals surface area contributed by atoms with Gasteiger partial charge in [0.05, 0.1) is 0 Å². The molecule has 1 aromatic heterocycles. The van der Waals surface area contributed by atoms with Crippen molar-refractivity contribution in [2.45, 2.75) is 39.4 Å². The Bertz CT molecular complexity index is 480. The fourth-order valence-corrected chi connectivity index (χ4v) is 1.81. The third kappa shape index (κ3) is 4.89. The van der Waals surface area contributed by atoms with Crippen molar-refractivity contribution in [3.8, 4) is 0 Å². The summed E-state index contributed by atoms with van der Waals surface area (Å²) in [6, 6.07) is 2.24. The Labute approximate surface area is 121 Å². The number of carbonyl (C=O) groups is 1. The second kappa shape index (κ2) is 6.75. The molecule has 1 amide bonds. The summed E-state index contributed by atoms with van der Waals surface area (Å²) < 4.78 is 37.8. The van der Waals surface area contributed by atoms with Gasteiger partial charge in [0.15, 0.2) is 0 Å². The minimum Gasteiger partial charge on any atom is -0.327 e. The minimum atomic E-state index is -4.45. The van der Waals surface area contributed by atoms with Gasteiger partial charge in [-0.05, 0) is 32.4 Å². The smallest absolute Gasteiger partial charge is 0.327 e. The van der Waals surface area contributed by atoms with Gasteiger partial charge in [-0.3, -0.25) is 4.79 Å². The topological polar surface area (TPSA) is 71.2 Å². The standard InChI is InChI=1S/C13H19F3N4O/c1-4-10-5-9(6-11(18-10)19-17)12(21)20(8(2)3)7-13(14,15)16/h5-6,8H,4,7,17H2,1-3H3,(H,18,19). The molecule has 1 rings (SSSR count). The van der Waals surface area contributed by atoms with E-state index in [-0.39, 0.29) is 11.4 Å². The van der Waals surface area contributed by atoms with Crippen molar-refractivity contribution in [2.75, 3.05) is 12.0 Å². The first-order valence-electron chi connectivity index (χ1n) is 6.53. The van der Waals surface area contributed by atoms with Crippen molar-refractivity contribution < 1.29 is 18.0 Å². The van der Waals surface area contributed by atoms with Crippen molar-refractivity contribution in [3.63, 3.8) is 0 Å². The number of nitrogen functional groups attached to an aromatic ring is 1. The van der Waals surface area contributed by atoms with Gasteiger partial charge in [-0.2, -0.15) is 13.2 Å². The Balaban J connectivity index is 3.14. The number of anilines is 1. The number of hydrogen-bond acceptors (Lipinski definition) is 4. The molecule has 0 fully saturated rings. The maximum absolute atomic E-state index is 12.6. The van der Waals surface area contributed by atoms with Gasteiger partial charge in [-0.15, -0.1) is 0 Å². The lowest BCUT2D eigenvalue weighted by atomic mass is 10.1. The second-order valence-electron chi connectivity index (χ2n) is 4.87. The molecule has 1 aromatic rings. The van der Waals surface area contributed by atoms with E-state index in [1.165, 1.54) is 26.0 Å². The number of hydrogen-bond donors (Lipinski definition) is 2. The van der Waals surface area contributed by atoms with Crippen LogP contribution in [-0.4, -0.2) is 34.6 Å². The lowest BCUT2D eigenvalue weighted by molar-refractivity contribution is -0.143. The van der Waals surface area contributed by atoms with E-state index in [1.807, 2.05) is 6.92 Å². The zero-order valence-electron chi connectivity index (χ0n) is 12.2. The highest BCUT2D eigenvalue weighted by Crippen LogP contribution is 2.21. The van der Waals surface area contributed by atoms with Crippen molar-refractivity contribution in [1.82, 2.24) is 9.88 Å². The fraction of sp³-hybridized carbons (Fsp3) is 0.538. The molecule has 0 bridgehead atoms. The number of nitrogens with zero attached hydrogens (tertiary/aromatic N) is 2. The lowest BCUT2D eigenvalue weighted by Gasteiger charge is -2.28. The van der Waals surface area contributed by atoms with Crippen LogP contribution in [0.1, 0.15) is 36.8 Å². The van der Waals surface area contributed by atoms with Gasteiger partial charge in [-0.1, -0.05) is 6.92 Å². The van der Waals surface area contributed by atoms with E-state index >= 15 is 0 Å². The van der Waals surface area contributed by atoms with E-state index in [0.29, 0.717) is 12.1 Å². The monoisotopic (exact) mass is 304 g/mol. The van der Waals surface area contributed by atoms with E-state index < -0.39 is 24.7 Å². The van der Waals surface area contributed by atoms with Crippen LogP contribution in [0.2, 0.25) is 0 Å². The molecule has 0 aliphatic rings. The normalized spacial score (nSPS) is 11.6. The Morgan fingerprint density at radius 2 is 2.05 bits per heavy atom. The van der Waals surface area contributed by atoms with E-state index in [1.54, 1.807) is 0 Å². The first kappa shape index (κ1) is 17.2. The number of amides is 1. The zero-order chi connectivity index (χ0) is 16.2. The van der Waals surface area contributed by atoms with Crippen LogP contribution in [0, 0.1) is 0 Å². The summed E-state index contributed by atoms with van der Waals surface area (Å²) in [7, 11) is 0. The third-order valence-electron chi connectivity index (χ3n) is 2.87. The van der Waals surface area contributed by atoms with Gasteiger partial charge in [0.25, 0.3) is 5.91 Å². The molecule has 0 aliphatic carbocycles. The molecule has 0 unspecified atom stereocenters. The number of nitrogens with one attached hydrogen (secondary N) is 1. The molecule has 118 valence electrons. The number of aryl methyl sites for hydroxylation is 1. The third-order valence-corrected chi connectivity index (χ3v) is 2.87. The summed E-state index contributed by atoms with van der Waals surface area (Å²) in [5, 5.41) is 0. The molecule has 0 aromatic carbocycles. The fourth-order valence-electron chi connectivity index (χ4n) is 1.81. The van der Waals surface area contributed by atoms with Crippen LogP contribution in [0.3, 0.4) is 0 Å². The summed E-state index contributed by atoms with van der Waals surface area (Å²) in [5.41, 5.74) is 3.02. The van der Waals surface area contributed by atoms with Crippen LogP contribution >= 0.6 is 0 Å². The van der Waals surface area contributed by atoms with Crippen LogP contribution in [0.15, 0.2) is 12.1 Å². The summed E-state index contributed by atoms with van der Waals surface area (Å²) >= 11 is 0. The number of hydrazine groups is 1. The maximum atomic E-state index is 12.6. The van der Waals surface area contributed by atoms with Crippen LogP contribution < -0.4 is 11.3 Å². The highest BCUT2D eigenvalue weighted by atomic mass is 19.4. The first-order valence-corrected chi connectivity index (χ1v) is 6.53. The van der Waals surface area contributed by atoms with E-state index in [0.717, 1.165) is 4.90 Å². The van der Waals surface area contributed by atoms with E-state index in [9.17, 15) is 18.0 Å². The predicted molar refractivity (Wildman–Crippen MR) is 73.7 cm³/mol. The number of alkyl halides is 3. The van der Waals surface area contributed by atoms with Crippen LogP contribution in [0.5, 0.6) is 0 Å². The second-order valence-corrected chi connectivity index (χ2v) is 4.87. The first-order chi connectivity index (χ1) is 9.67. The van der Waals surface area contributed by atoms with Gasteiger partial charge >= 0.3 is 6.18 Å². The molecule has 0 atom stereocenters. The van der Waals surface area contributed by atoms with Gasteiger partial charge in [0.2, 0.25) is 0 Å². The van der Waals surface area contributed by atoms with Crippen molar-refractivity contribution in [3.05, 3.63) is 23.4 Å². The molecule has 0 saturated carbocycles. The number of pyridine rings is 1. The van der Waals surface area contributed by atoms with E-state index in [4.69, 9.17) is 5.84 Å².